The van der Waals surface area contributed by atoms with Gasteiger partial charge in [0.15, 0.2) is 0 Å². The second kappa shape index (κ2) is 7.72. The molecule has 7 nitrogen and oxygen atoms in total. The van der Waals surface area contributed by atoms with Crippen molar-refractivity contribution in [3.8, 4) is 0 Å². The number of hydrogen-bond acceptors (Lipinski definition) is 4. The lowest BCUT2D eigenvalue weighted by molar-refractivity contribution is 0.0635. The highest BCUT2D eigenvalue weighted by Crippen LogP contribution is 2.16. The van der Waals surface area contributed by atoms with Crippen molar-refractivity contribution in [1.29, 1.82) is 0 Å². The minimum Gasteiger partial charge on any atom is -0.444 e. The van der Waals surface area contributed by atoms with E-state index in [2.05, 4.69) is 15.3 Å². The summed E-state index contributed by atoms with van der Waals surface area (Å²) >= 11 is 0. The molecule has 0 aliphatic carbocycles. The molecule has 0 saturated heterocycles. The molecular formula is C21H24N4O3. The number of amides is 2. The Balaban J connectivity index is 1.68. The quantitative estimate of drug-likeness (QED) is 0.711. The van der Waals surface area contributed by atoms with Gasteiger partial charge in [-0.05, 0) is 51.1 Å². The highest BCUT2D eigenvalue weighted by molar-refractivity contribution is 5.96. The lowest BCUT2D eigenvalue weighted by Crippen LogP contribution is -2.28. The molecule has 7 heteroatoms. The lowest BCUT2D eigenvalue weighted by atomic mass is 10.1. The van der Waals surface area contributed by atoms with Crippen LogP contribution in [-0.4, -0.2) is 39.5 Å². The number of imidazole rings is 1. The number of para-hydroxylation sites is 2. The van der Waals surface area contributed by atoms with E-state index < -0.39 is 11.7 Å². The molecule has 0 atom stereocenters. The fourth-order valence-corrected chi connectivity index (χ4v) is 2.75. The van der Waals surface area contributed by atoms with Crippen molar-refractivity contribution in [2.24, 2.45) is 0 Å². The van der Waals surface area contributed by atoms with E-state index in [4.69, 9.17) is 4.74 Å². The number of benzene rings is 2. The molecule has 0 unspecified atom stereocenters. The molecule has 0 fully saturated rings. The van der Waals surface area contributed by atoms with E-state index in [1.54, 1.807) is 57.0 Å². The summed E-state index contributed by atoms with van der Waals surface area (Å²) in [6.07, 6.45) is -0.562. The zero-order valence-electron chi connectivity index (χ0n) is 16.4. The minimum absolute atomic E-state index is 0.173. The number of nitrogens with one attached hydrogen (secondary N) is 2. The van der Waals surface area contributed by atoms with Crippen LogP contribution in [0.15, 0.2) is 48.5 Å². The predicted molar refractivity (Wildman–Crippen MR) is 108 cm³/mol. The van der Waals surface area contributed by atoms with E-state index in [0.717, 1.165) is 11.0 Å². The van der Waals surface area contributed by atoms with E-state index in [0.29, 0.717) is 23.6 Å². The van der Waals surface area contributed by atoms with Gasteiger partial charge >= 0.3 is 6.09 Å². The summed E-state index contributed by atoms with van der Waals surface area (Å²) in [4.78, 5) is 34.0. The number of carbonyl (C=O) groups excluding carboxylic acids is 2. The van der Waals surface area contributed by atoms with Crippen molar-refractivity contribution < 1.29 is 14.3 Å². The van der Waals surface area contributed by atoms with Crippen LogP contribution in [-0.2, 0) is 11.3 Å². The van der Waals surface area contributed by atoms with Crippen LogP contribution in [0.2, 0.25) is 0 Å². The van der Waals surface area contributed by atoms with Crippen LogP contribution in [0.4, 0.5) is 10.5 Å². The number of nitrogens with zero attached hydrogens (tertiary/aromatic N) is 2. The van der Waals surface area contributed by atoms with E-state index in [1.807, 2.05) is 24.3 Å². The van der Waals surface area contributed by atoms with Gasteiger partial charge in [-0.15, -0.1) is 0 Å². The zero-order chi connectivity index (χ0) is 20.3. The Bertz CT molecular complexity index is 971. The number of anilines is 1. The van der Waals surface area contributed by atoms with Gasteiger partial charge in [0.1, 0.15) is 11.4 Å². The van der Waals surface area contributed by atoms with Gasteiger partial charge in [-0.2, -0.15) is 0 Å². The molecule has 0 saturated carbocycles. The van der Waals surface area contributed by atoms with Gasteiger partial charge in [0, 0.05) is 18.3 Å². The van der Waals surface area contributed by atoms with Gasteiger partial charge < -0.3 is 14.6 Å². The maximum absolute atomic E-state index is 12.8. The third-order valence-electron chi connectivity index (χ3n) is 3.93. The molecule has 3 rings (SSSR count). The molecule has 0 radical (unpaired) electrons. The normalized spacial score (nSPS) is 11.3. The zero-order valence-corrected chi connectivity index (χ0v) is 16.4. The summed E-state index contributed by atoms with van der Waals surface area (Å²) in [5.41, 5.74) is 2.16. The van der Waals surface area contributed by atoms with Crippen molar-refractivity contribution in [2.75, 3.05) is 12.4 Å². The number of aromatic amines is 1. The number of rotatable bonds is 4. The van der Waals surface area contributed by atoms with Crippen molar-refractivity contribution in [3.05, 3.63) is 59.9 Å². The van der Waals surface area contributed by atoms with Crippen molar-refractivity contribution >= 4 is 28.7 Å². The van der Waals surface area contributed by atoms with Gasteiger partial charge in [-0.1, -0.05) is 18.2 Å². The van der Waals surface area contributed by atoms with Crippen LogP contribution in [0.25, 0.3) is 11.0 Å². The molecule has 2 amide bonds. The topological polar surface area (TPSA) is 87.3 Å². The Kier molecular flexibility index (Phi) is 5.35. The summed E-state index contributed by atoms with van der Waals surface area (Å²) in [5.74, 6) is 0.536. The highest BCUT2D eigenvalue weighted by atomic mass is 16.6. The Labute approximate surface area is 163 Å². The van der Waals surface area contributed by atoms with Crippen LogP contribution in [0.3, 0.4) is 0 Å². The fraction of sp³-hybridized carbons (Fsp3) is 0.286. The third-order valence-corrected chi connectivity index (χ3v) is 3.93. The molecule has 1 heterocycles. The second-order valence-electron chi connectivity index (χ2n) is 7.57. The van der Waals surface area contributed by atoms with Gasteiger partial charge in [0.05, 0.1) is 17.6 Å². The second-order valence-corrected chi connectivity index (χ2v) is 7.57. The van der Waals surface area contributed by atoms with Crippen molar-refractivity contribution in [2.45, 2.75) is 32.9 Å². The number of fused-ring (bicyclic) bond motifs is 1. The summed E-state index contributed by atoms with van der Waals surface area (Å²) < 4.78 is 5.24. The molecule has 3 aromatic rings. The largest absolute Gasteiger partial charge is 0.444 e. The number of hydrogen-bond donors (Lipinski definition) is 2. The Morgan fingerprint density at radius 1 is 1.14 bits per heavy atom. The van der Waals surface area contributed by atoms with Crippen LogP contribution in [0.1, 0.15) is 37.0 Å². The summed E-state index contributed by atoms with van der Waals surface area (Å²) in [6.45, 7) is 5.72. The van der Waals surface area contributed by atoms with Crippen LogP contribution >= 0.6 is 0 Å². The smallest absolute Gasteiger partial charge is 0.412 e. The van der Waals surface area contributed by atoms with Gasteiger partial charge in [0.25, 0.3) is 5.91 Å². The summed E-state index contributed by atoms with van der Waals surface area (Å²) in [6, 6.07) is 14.5. The molecule has 28 heavy (non-hydrogen) atoms. The Morgan fingerprint density at radius 2 is 1.89 bits per heavy atom. The molecular weight excluding hydrogens is 356 g/mol. The third kappa shape index (κ3) is 4.88. The maximum Gasteiger partial charge on any atom is 0.412 e. The number of aromatic nitrogens is 2. The van der Waals surface area contributed by atoms with Crippen molar-refractivity contribution in [3.63, 3.8) is 0 Å². The van der Waals surface area contributed by atoms with Crippen LogP contribution in [0, 0.1) is 0 Å². The average Bonchev–Trinajstić information content (AvgIpc) is 3.01. The molecule has 0 spiro atoms. The molecule has 1 aromatic heterocycles. The van der Waals surface area contributed by atoms with E-state index in [1.165, 1.54) is 0 Å². The standard InChI is InChI=1S/C21H24N4O3/c1-21(2,3)28-20(27)22-15-9-7-8-14(12-15)19(26)25(4)13-18-23-16-10-5-6-11-17(16)24-18/h5-12H,13H2,1-4H3,(H,22,27)(H,23,24). The SMILES string of the molecule is CN(Cc1nc2ccccc2[nH]1)C(=O)c1cccc(NC(=O)OC(C)(C)C)c1. The lowest BCUT2D eigenvalue weighted by Gasteiger charge is -2.20. The molecule has 0 aliphatic heterocycles. The van der Waals surface area contributed by atoms with Crippen molar-refractivity contribution in [1.82, 2.24) is 14.9 Å². The van der Waals surface area contributed by atoms with E-state index in [9.17, 15) is 9.59 Å². The first kappa shape index (κ1) is 19.4. The first-order chi connectivity index (χ1) is 13.2. The van der Waals surface area contributed by atoms with Crippen LogP contribution in [0.5, 0.6) is 0 Å². The van der Waals surface area contributed by atoms with Gasteiger partial charge in [0.2, 0.25) is 0 Å². The Morgan fingerprint density at radius 3 is 2.61 bits per heavy atom. The van der Waals surface area contributed by atoms with E-state index >= 15 is 0 Å². The maximum atomic E-state index is 12.8. The predicted octanol–water partition coefficient (Wildman–Crippen LogP) is 4.18. The summed E-state index contributed by atoms with van der Waals surface area (Å²) in [5, 5.41) is 2.65. The van der Waals surface area contributed by atoms with Gasteiger partial charge in [-0.3, -0.25) is 10.1 Å². The van der Waals surface area contributed by atoms with Crippen LogP contribution < -0.4 is 5.32 Å². The molecule has 2 N–H and O–H groups in total. The summed E-state index contributed by atoms with van der Waals surface area (Å²) in [7, 11) is 1.71. The highest BCUT2D eigenvalue weighted by Gasteiger charge is 2.18. The monoisotopic (exact) mass is 380 g/mol. The number of ether oxygens (including phenoxy) is 1. The number of carbonyl (C=O) groups is 2. The average molecular weight is 380 g/mol. The first-order valence-electron chi connectivity index (χ1n) is 9.00. The number of H-pyrrole nitrogens is 1. The molecule has 2 aromatic carbocycles. The molecule has 0 bridgehead atoms. The Hall–Kier alpha value is -3.35. The molecule has 146 valence electrons. The minimum atomic E-state index is -0.593. The van der Waals surface area contributed by atoms with Gasteiger partial charge in [-0.25, -0.2) is 9.78 Å². The fourth-order valence-electron chi connectivity index (χ4n) is 2.75. The van der Waals surface area contributed by atoms with E-state index in [-0.39, 0.29) is 5.91 Å². The molecule has 0 aliphatic rings. The first-order valence-corrected chi connectivity index (χ1v) is 9.00.